The molecular formula is C30H35Cl2N3O5S. The summed E-state index contributed by atoms with van der Waals surface area (Å²) >= 11 is 12.8. The summed E-state index contributed by atoms with van der Waals surface area (Å²) in [5.41, 5.74) is 1.10. The molecule has 0 aliphatic heterocycles. The van der Waals surface area contributed by atoms with Crippen molar-refractivity contribution in [2.24, 2.45) is 0 Å². The zero-order valence-electron chi connectivity index (χ0n) is 23.9. The number of ether oxygens (including phenoxy) is 1. The molecule has 3 rings (SSSR count). The molecule has 3 aromatic carbocycles. The van der Waals surface area contributed by atoms with Gasteiger partial charge in [0.1, 0.15) is 18.3 Å². The van der Waals surface area contributed by atoms with Gasteiger partial charge in [-0.3, -0.25) is 13.9 Å². The van der Waals surface area contributed by atoms with E-state index in [-0.39, 0.29) is 11.4 Å². The van der Waals surface area contributed by atoms with Crippen molar-refractivity contribution in [1.29, 1.82) is 0 Å². The number of aryl methyl sites for hydroxylation is 1. The first-order valence-corrected chi connectivity index (χ1v) is 15.1. The summed E-state index contributed by atoms with van der Waals surface area (Å²) in [6, 6.07) is 16.7. The summed E-state index contributed by atoms with van der Waals surface area (Å²) in [6.07, 6.45) is 0. The lowest BCUT2D eigenvalue weighted by Crippen LogP contribution is -2.54. The molecule has 0 saturated heterocycles. The number of amides is 2. The maximum absolute atomic E-state index is 14.0. The standard InChI is InChI=1S/C30H35Cl2N3O5S/c1-20-10-12-22(13-11-20)35(41(38,39)24-16-14-23(40-6)15-17-24)19-28(36)34(21(2)29(37)33-30(3,4)5)18-25-26(31)8-7-9-27(25)32/h7-17,21H,18-19H2,1-6H3,(H,33,37)/t21-/m0/s1. The first-order chi connectivity index (χ1) is 19.1. The normalized spacial score (nSPS) is 12.4. The van der Waals surface area contributed by atoms with Crippen LogP contribution in [0.1, 0.15) is 38.8 Å². The van der Waals surface area contributed by atoms with Gasteiger partial charge in [0, 0.05) is 27.7 Å². The summed E-state index contributed by atoms with van der Waals surface area (Å²) in [7, 11) is -2.72. The van der Waals surface area contributed by atoms with Gasteiger partial charge in [-0.05, 0) is 83.1 Å². The Morgan fingerprint density at radius 3 is 2.02 bits per heavy atom. The number of hydrogen-bond acceptors (Lipinski definition) is 5. The van der Waals surface area contributed by atoms with Crippen LogP contribution >= 0.6 is 23.2 Å². The van der Waals surface area contributed by atoms with Gasteiger partial charge in [-0.15, -0.1) is 0 Å². The molecule has 11 heteroatoms. The van der Waals surface area contributed by atoms with Gasteiger partial charge in [0.2, 0.25) is 11.8 Å². The number of carbonyl (C=O) groups is 2. The monoisotopic (exact) mass is 619 g/mol. The van der Waals surface area contributed by atoms with E-state index in [9.17, 15) is 18.0 Å². The topological polar surface area (TPSA) is 96.0 Å². The predicted molar refractivity (Wildman–Crippen MR) is 163 cm³/mol. The van der Waals surface area contributed by atoms with Crippen molar-refractivity contribution < 1.29 is 22.7 Å². The van der Waals surface area contributed by atoms with E-state index >= 15 is 0 Å². The predicted octanol–water partition coefficient (Wildman–Crippen LogP) is 5.84. The van der Waals surface area contributed by atoms with Crippen LogP contribution < -0.4 is 14.4 Å². The lowest BCUT2D eigenvalue weighted by molar-refractivity contribution is -0.140. The number of nitrogens with zero attached hydrogens (tertiary/aromatic N) is 2. The zero-order valence-corrected chi connectivity index (χ0v) is 26.3. The molecule has 0 aliphatic carbocycles. The number of methoxy groups -OCH3 is 1. The van der Waals surface area contributed by atoms with Crippen molar-refractivity contribution in [3.05, 3.63) is 87.9 Å². The fourth-order valence-corrected chi connectivity index (χ4v) is 5.96. The van der Waals surface area contributed by atoms with E-state index in [0.717, 1.165) is 9.87 Å². The highest BCUT2D eigenvalue weighted by Gasteiger charge is 2.34. The first-order valence-electron chi connectivity index (χ1n) is 12.9. The van der Waals surface area contributed by atoms with E-state index in [4.69, 9.17) is 27.9 Å². The maximum atomic E-state index is 14.0. The number of benzene rings is 3. The van der Waals surface area contributed by atoms with Crippen molar-refractivity contribution in [3.8, 4) is 5.75 Å². The maximum Gasteiger partial charge on any atom is 0.264 e. The smallest absolute Gasteiger partial charge is 0.264 e. The molecule has 1 N–H and O–H groups in total. The number of anilines is 1. The molecular weight excluding hydrogens is 585 g/mol. The van der Waals surface area contributed by atoms with Crippen molar-refractivity contribution >= 4 is 50.7 Å². The van der Waals surface area contributed by atoms with E-state index in [0.29, 0.717) is 27.0 Å². The fraction of sp³-hybridized carbons (Fsp3) is 0.333. The number of halogens is 2. The molecule has 0 bridgehead atoms. The van der Waals surface area contributed by atoms with Gasteiger partial charge in [0.05, 0.1) is 17.7 Å². The van der Waals surface area contributed by atoms with Crippen LogP contribution in [0.3, 0.4) is 0 Å². The van der Waals surface area contributed by atoms with Crippen molar-refractivity contribution in [2.45, 2.75) is 57.6 Å². The quantitative estimate of drug-likeness (QED) is 0.308. The Balaban J connectivity index is 2.07. The van der Waals surface area contributed by atoms with E-state index in [1.54, 1.807) is 49.4 Å². The van der Waals surface area contributed by atoms with Gasteiger partial charge in [-0.1, -0.05) is 47.0 Å². The molecule has 0 aromatic heterocycles. The van der Waals surface area contributed by atoms with Gasteiger partial charge in [-0.2, -0.15) is 0 Å². The van der Waals surface area contributed by atoms with Gasteiger partial charge in [-0.25, -0.2) is 8.42 Å². The third-order valence-corrected chi connectivity index (χ3v) is 8.80. The second-order valence-corrected chi connectivity index (χ2v) is 13.3. The summed E-state index contributed by atoms with van der Waals surface area (Å²) in [4.78, 5) is 28.5. The van der Waals surface area contributed by atoms with Crippen LogP contribution in [-0.4, -0.2) is 50.4 Å². The molecule has 41 heavy (non-hydrogen) atoms. The lowest BCUT2D eigenvalue weighted by atomic mass is 10.1. The number of sulfonamides is 1. The molecule has 220 valence electrons. The van der Waals surface area contributed by atoms with Gasteiger partial charge in [0.25, 0.3) is 10.0 Å². The summed E-state index contributed by atoms with van der Waals surface area (Å²) < 4.78 is 34.1. The molecule has 1 atom stereocenters. The Morgan fingerprint density at radius 2 is 1.51 bits per heavy atom. The molecule has 3 aromatic rings. The number of carbonyl (C=O) groups excluding carboxylic acids is 2. The summed E-state index contributed by atoms with van der Waals surface area (Å²) in [5.74, 6) is -0.535. The molecule has 0 unspecified atom stereocenters. The van der Waals surface area contributed by atoms with Crippen molar-refractivity contribution in [2.75, 3.05) is 18.0 Å². The SMILES string of the molecule is COc1ccc(S(=O)(=O)N(CC(=O)N(Cc2c(Cl)cccc2Cl)[C@@H](C)C(=O)NC(C)(C)C)c2ccc(C)cc2)cc1. The minimum Gasteiger partial charge on any atom is -0.497 e. The van der Waals surface area contributed by atoms with Crippen molar-refractivity contribution in [1.82, 2.24) is 10.2 Å². The third kappa shape index (κ3) is 8.15. The van der Waals surface area contributed by atoms with Crippen LogP contribution in [0.5, 0.6) is 5.75 Å². The molecule has 8 nitrogen and oxygen atoms in total. The molecule has 0 aliphatic rings. The van der Waals surface area contributed by atoms with E-state index in [1.807, 2.05) is 27.7 Å². The largest absolute Gasteiger partial charge is 0.497 e. The van der Waals surface area contributed by atoms with Crippen LogP contribution in [0.4, 0.5) is 5.69 Å². The number of rotatable bonds is 10. The average Bonchev–Trinajstić information content (AvgIpc) is 2.90. The highest BCUT2D eigenvalue weighted by Crippen LogP contribution is 2.29. The summed E-state index contributed by atoms with van der Waals surface area (Å²) in [6.45, 7) is 8.26. The average molecular weight is 621 g/mol. The van der Waals surface area contributed by atoms with Gasteiger partial charge < -0.3 is 15.0 Å². The van der Waals surface area contributed by atoms with E-state index in [1.165, 1.54) is 36.3 Å². The summed E-state index contributed by atoms with van der Waals surface area (Å²) in [5, 5.41) is 3.52. The van der Waals surface area contributed by atoms with E-state index < -0.39 is 40.0 Å². The van der Waals surface area contributed by atoms with Crippen LogP contribution in [0.15, 0.2) is 71.6 Å². The molecule has 0 saturated carbocycles. The molecule has 0 radical (unpaired) electrons. The Bertz CT molecular complexity index is 1470. The van der Waals surface area contributed by atoms with Crippen LogP contribution in [0.25, 0.3) is 0 Å². The zero-order chi connectivity index (χ0) is 30.5. The lowest BCUT2D eigenvalue weighted by Gasteiger charge is -2.34. The number of nitrogens with one attached hydrogen (secondary N) is 1. The van der Waals surface area contributed by atoms with Crippen molar-refractivity contribution in [3.63, 3.8) is 0 Å². The van der Waals surface area contributed by atoms with Crippen LogP contribution in [-0.2, 0) is 26.2 Å². The fourth-order valence-electron chi connectivity index (χ4n) is 4.03. The minimum atomic E-state index is -4.21. The van der Waals surface area contributed by atoms with E-state index in [2.05, 4.69) is 5.32 Å². The molecule has 0 spiro atoms. The molecule has 0 fully saturated rings. The number of hydrogen-bond donors (Lipinski definition) is 1. The third-order valence-electron chi connectivity index (χ3n) is 6.30. The Hall–Kier alpha value is -3.27. The van der Waals surface area contributed by atoms with Gasteiger partial charge >= 0.3 is 0 Å². The van der Waals surface area contributed by atoms with Crippen LogP contribution in [0, 0.1) is 6.92 Å². The highest BCUT2D eigenvalue weighted by atomic mass is 35.5. The Morgan fingerprint density at radius 1 is 0.951 bits per heavy atom. The second kappa shape index (κ2) is 13.1. The first kappa shape index (κ1) is 32.2. The minimum absolute atomic E-state index is 0.0223. The molecule has 0 heterocycles. The Kier molecular flexibility index (Phi) is 10.3. The Labute approximate surface area is 252 Å². The second-order valence-electron chi connectivity index (χ2n) is 10.7. The molecule has 2 amide bonds. The van der Waals surface area contributed by atoms with Crippen LogP contribution in [0.2, 0.25) is 10.0 Å². The van der Waals surface area contributed by atoms with Gasteiger partial charge in [0.15, 0.2) is 0 Å². The highest BCUT2D eigenvalue weighted by molar-refractivity contribution is 7.92.